The van der Waals surface area contributed by atoms with Crippen molar-refractivity contribution >= 4 is 0 Å². The fourth-order valence-electron chi connectivity index (χ4n) is 2.96. The first-order valence-corrected chi connectivity index (χ1v) is 7.49. The Morgan fingerprint density at radius 1 is 1.45 bits per heavy atom. The van der Waals surface area contributed by atoms with Gasteiger partial charge in [-0.25, -0.2) is 9.37 Å². The molecule has 1 unspecified atom stereocenters. The van der Waals surface area contributed by atoms with Gasteiger partial charge in [0.15, 0.2) is 5.82 Å². The second-order valence-corrected chi connectivity index (χ2v) is 5.69. The Morgan fingerprint density at radius 2 is 2.32 bits per heavy atom. The first kappa shape index (κ1) is 14.7. The van der Waals surface area contributed by atoms with Crippen molar-refractivity contribution in [3.05, 3.63) is 46.8 Å². The Bertz CT molecular complexity index is 703. The molecular weight excluding hydrogens is 281 g/mol. The van der Waals surface area contributed by atoms with E-state index in [0.717, 1.165) is 43.0 Å². The molecule has 1 aliphatic rings. The summed E-state index contributed by atoms with van der Waals surface area (Å²) in [5.41, 5.74) is 0.958. The minimum absolute atomic E-state index is 0.0866. The van der Waals surface area contributed by atoms with Gasteiger partial charge in [0.05, 0.1) is 11.6 Å². The van der Waals surface area contributed by atoms with Crippen LogP contribution in [0.2, 0.25) is 0 Å². The van der Waals surface area contributed by atoms with E-state index >= 15 is 0 Å². The summed E-state index contributed by atoms with van der Waals surface area (Å²) in [5, 5.41) is 16.0. The number of aromatic amines is 1. The zero-order valence-electron chi connectivity index (χ0n) is 12.5. The van der Waals surface area contributed by atoms with Crippen LogP contribution < -0.4 is 0 Å². The van der Waals surface area contributed by atoms with Crippen LogP contribution in [0.25, 0.3) is 0 Å². The molecule has 0 amide bonds. The number of H-pyrrole nitrogens is 1. The van der Waals surface area contributed by atoms with Gasteiger partial charge >= 0.3 is 0 Å². The lowest BCUT2D eigenvalue weighted by Gasteiger charge is -2.34. The second kappa shape index (κ2) is 6.24. The maximum Gasteiger partial charge on any atom is 0.167 e. The van der Waals surface area contributed by atoms with E-state index in [4.69, 9.17) is 5.26 Å². The molecule has 5 nitrogen and oxygen atoms in total. The molecular formula is C16H18FN5. The summed E-state index contributed by atoms with van der Waals surface area (Å²) < 4.78 is 13.8. The Hall–Kier alpha value is -2.26. The van der Waals surface area contributed by atoms with E-state index in [9.17, 15) is 4.39 Å². The van der Waals surface area contributed by atoms with Crippen molar-refractivity contribution in [2.75, 3.05) is 6.54 Å². The maximum absolute atomic E-state index is 13.8. The number of halogens is 1. The number of aromatic nitrogens is 3. The zero-order valence-corrected chi connectivity index (χ0v) is 12.5. The van der Waals surface area contributed by atoms with Gasteiger partial charge in [-0.3, -0.25) is 10.00 Å². The molecule has 0 radical (unpaired) electrons. The molecule has 0 bridgehead atoms. The van der Waals surface area contributed by atoms with Crippen molar-refractivity contribution in [1.82, 2.24) is 20.1 Å². The molecule has 0 saturated carbocycles. The highest BCUT2D eigenvalue weighted by Crippen LogP contribution is 2.30. The highest BCUT2D eigenvalue weighted by atomic mass is 19.1. The normalized spacial score (nSPS) is 19.0. The summed E-state index contributed by atoms with van der Waals surface area (Å²) in [6.45, 7) is 3.47. The number of nitriles is 1. The summed E-state index contributed by atoms with van der Waals surface area (Å²) in [5.74, 6) is 1.17. The molecule has 0 spiro atoms. The summed E-state index contributed by atoms with van der Waals surface area (Å²) in [6, 6.07) is 6.83. The first-order valence-electron chi connectivity index (χ1n) is 7.49. The summed E-state index contributed by atoms with van der Waals surface area (Å²) >= 11 is 0. The summed E-state index contributed by atoms with van der Waals surface area (Å²) in [7, 11) is 0. The van der Waals surface area contributed by atoms with Gasteiger partial charge in [0.1, 0.15) is 17.7 Å². The number of benzene rings is 1. The lowest BCUT2D eigenvalue weighted by atomic mass is 10.0. The molecule has 6 heteroatoms. The quantitative estimate of drug-likeness (QED) is 0.946. The van der Waals surface area contributed by atoms with E-state index in [1.54, 1.807) is 6.07 Å². The van der Waals surface area contributed by atoms with E-state index in [0.29, 0.717) is 6.54 Å². The van der Waals surface area contributed by atoms with Gasteiger partial charge in [-0.2, -0.15) is 10.4 Å². The lowest BCUT2D eigenvalue weighted by Crippen LogP contribution is -2.33. The van der Waals surface area contributed by atoms with Crippen molar-refractivity contribution in [1.29, 1.82) is 5.26 Å². The van der Waals surface area contributed by atoms with Crippen molar-refractivity contribution < 1.29 is 4.39 Å². The van der Waals surface area contributed by atoms with Crippen LogP contribution in [-0.2, 0) is 6.54 Å². The number of nitrogens with zero attached hydrogens (tertiary/aromatic N) is 4. The molecule has 1 aliphatic heterocycles. The minimum atomic E-state index is -0.456. The highest BCUT2D eigenvalue weighted by molar-refractivity contribution is 5.33. The van der Waals surface area contributed by atoms with E-state index in [1.165, 1.54) is 6.07 Å². The molecule has 1 atom stereocenters. The largest absolute Gasteiger partial charge is 0.289 e. The average molecular weight is 299 g/mol. The van der Waals surface area contributed by atoms with Gasteiger partial charge in [-0.1, -0.05) is 12.5 Å². The fraction of sp³-hybridized carbons (Fsp3) is 0.438. The topological polar surface area (TPSA) is 68.6 Å². The second-order valence-electron chi connectivity index (χ2n) is 5.69. The number of piperidine rings is 1. The minimum Gasteiger partial charge on any atom is -0.289 e. The van der Waals surface area contributed by atoms with Crippen LogP contribution in [0.4, 0.5) is 4.39 Å². The molecule has 1 fully saturated rings. The average Bonchev–Trinajstić information content (AvgIpc) is 2.94. The molecule has 1 saturated heterocycles. The molecule has 2 aromatic rings. The van der Waals surface area contributed by atoms with Gasteiger partial charge in [-0.15, -0.1) is 0 Å². The van der Waals surface area contributed by atoms with Crippen LogP contribution in [0.15, 0.2) is 18.2 Å². The third-order valence-corrected chi connectivity index (χ3v) is 4.07. The van der Waals surface area contributed by atoms with Gasteiger partial charge < -0.3 is 0 Å². The van der Waals surface area contributed by atoms with Gasteiger partial charge in [0, 0.05) is 6.54 Å². The Balaban J connectivity index is 1.80. The number of rotatable bonds is 3. The third kappa shape index (κ3) is 3.00. The van der Waals surface area contributed by atoms with Gasteiger partial charge in [0.25, 0.3) is 0 Å². The van der Waals surface area contributed by atoms with Gasteiger partial charge in [-0.05, 0) is 44.0 Å². The zero-order chi connectivity index (χ0) is 15.5. The Kier molecular flexibility index (Phi) is 4.16. The van der Waals surface area contributed by atoms with E-state index in [-0.39, 0.29) is 11.6 Å². The van der Waals surface area contributed by atoms with E-state index < -0.39 is 5.82 Å². The van der Waals surface area contributed by atoms with Gasteiger partial charge in [0.2, 0.25) is 0 Å². The van der Waals surface area contributed by atoms with E-state index in [2.05, 4.69) is 20.1 Å². The fourth-order valence-corrected chi connectivity index (χ4v) is 2.96. The molecule has 1 aromatic carbocycles. The molecule has 1 N–H and O–H groups in total. The Labute approximate surface area is 128 Å². The highest BCUT2D eigenvalue weighted by Gasteiger charge is 2.27. The van der Waals surface area contributed by atoms with E-state index in [1.807, 2.05) is 19.1 Å². The third-order valence-electron chi connectivity index (χ3n) is 4.07. The van der Waals surface area contributed by atoms with Crippen molar-refractivity contribution in [2.24, 2.45) is 0 Å². The SMILES string of the molecule is Cc1nc(C2CCCCN2Cc2ccc(C#N)c(F)c2)n[nH]1. The van der Waals surface area contributed by atoms with Crippen LogP contribution in [0, 0.1) is 24.1 Å². The number of likely N-dealkylation sites (tertiary alicyclic amines) is 1. The molecule has 114 valence electrons. The maximum atomic E-state index is 13.8. The predicted molar refractivity (Wildman–Crippen MR) is 79.2 cm³/mol. The van der Waals surface area contributed by atoms with Crippen LogP contribution in [0.5, 0.6) is 0 Å². The lowest BCUT2D eigenvalue weighted by molar-refractivity contribution is 0.134. The van der Waals surface area contributed by atoms with Crippen molar-refractivity contribution in [3.63, 3.8) is 0 Å². The summed E-state index contributed by atoms with van der Waals surface area (Å²) in [6.07, 6.45) is 3.28. The van der Waals surface area contributed by atoms with Crippen LogP contribution in [0.1, 0.15) is 48.1 Å². The van der Waals surface area contributed by atoms with Crippen LogP contribution >= 0.6 is 0 Å². The number of hydrogen-bond donors (Lipinski definition) is 1. The number of aryl methyl sites for hydroxylation is 1. The molecule has 0 aliphatic carbocycles. The van der Waals surface area contributed by atoms with Crippen LogP contribution in [-0.4, -0.2) is 26.6 Å². The van der Waals surface area contributed by atoms with Crippen molar-refractivity contribution in [2.45, 2.75) is 38.8 Å². The predicted octanol–water partition coefficient (Wildman–Crippen LogP) is 2.85. The number of hydrogen-bond acceptors (Lipinski definition) is 4. The Morgan fingerprint density at radius 3 is 3.00 bits per heavy atom. The van der Waals surface area contributed by atoms with Crippen molar-refractivity contribution in [3.8, 4) is 6.07 Å². The molecule has 3 rings (SSSR count). The number of nitrogens with one attached hydrogen (secondary N) is 1. The smallest absolute Gasteiger partial charge is 0.167 e. The molecule has 22 heavy (non-hydrogen) atoms. The monoisotopic (exact) mass is 299 g/mol. The molecule has 1 aromatic heterocycles. The summed E-state index contributed by atoms with van der Waals surface area (Å²) in [4.78, 5) is 6.73. The standard InChI is InChI=1S/C16H18FN5/c1-11-19-16(21-20-11)15-4-2-3-7-22(15)10-12-5-6-13(9-18)14(17)8-12/h5-6,8,15H,2-4,7,10H2,1H3,(H,19,20,21). The molecule has 2 heterocycles. The van der Waals surface area contributed by atoms with Crippen LogP contribution in [0.3, 0.4) is 0 Å². The first-order chi connectivity index (χ1) is 10.7.